The molecule has 45 heavy (non-hydrogen) atoms. The van der Waals surface area contributed by atoms with E-state index in [2.05, 4.69) is 11.4 Å². The molecule has 2 atom stereocenters. The van der Waals surface area contributed by atoms with Gasteiger partial charge in [-0.1, -0.05) is 12.1 Å². The lowest BCUT2D eigenvalue weighted by molar-refractivity contribution is -0.140. The third kappa shape index (κ3) is 7.23. The van der Waals surface area contributed by atoms with Crippen LogP contribution in [0.15, 0.2) is 57.9 Å². The number of carbonyl (C=O) groups excluding carboxylic acids is 4. The number of amides is 3. The zero-order valence-corrected chi connectivity index (χ0v) is 25.9. The first-order valence-electron chi connectivity index (χ1n) is 15.3. The third-order valence-corrected chi connectivity index (χ3v) is 8.21. The molecule has 11 heteroatoms. The van der Waals surface area contributed by atoms with E-state index in [4.69, 9.17) is 9.41 Å². The van der Waals surface area contributed by atoms with Gasteiger partial charge in [-0.15, -0.1) is 0 Å². The number of nitrogens with zero attached hydrogens (tertiary/aromatic N) is 5. The molecule has 1 N–H and O–H groups in total. The number of benzene rings is 2. The summed E-state index contributed by atoms with van der Waals surface area (Å²) in [5.41, 5.74) is 1.74. The van der Waals surface area contributed by atoms with Gasteiger partial charge in [0.05, 0.1) is 12.6 Å². The maximum Gasteiger partial charge on any atom is 0.253 e. The van der Waals surface area contributed by atoms with Crippen LogP contribution in [0.3, 0.4) is 0 Å². The van der Waals surface area contributed by atoms with Crippen LogP contribution >= 0.6 is 0 Å². The number of fused-ring (bicyclic) bond motifs is 1. The largest absolute Gasteiger partial charge is 0.461 e. The molecule has 0 radical (unpaired) electrons. The Bertz CT molecular complexity index is 1680. The molecule has 11 nitrogen and oxygen atoms in total. The predicted molar refractivity (Wildman–Crippen MR) is 170 cm³/mol. The molecule has 5 rings (SSSR count). The number of nitriles is 1. The van der Waals surface area contributed by atoms with Gasteiger partial charge in [-0.2, -0.15) is 5.26 Å². The highest BCUT2D eigenvalue weighted by Crippen LogP contribution is 2.25. The Morgan fingerprint density at radius 2 is 1.78 bits per heavy atom. The average molecular weight is 611 g/mol. The molecule has 0 bridgehead atoms. The Balaban J connectivity index is 1.49. The van der Waals surface area contributed by atoms with Gasteiger partial charge < -0.3 is 24.4 Å². The number of aliphatic imine (C=N–C) groups is 1. The summed E-state index contributed by atoms with van der Waals surface area (Å²) in [5.74, 6) is -1.85. The molecule has 2 fully saturated rings. The van der Waals surface area contributed by atoms with Crippen LogP contribution in [-0.4, -0.2) is 90.4 Å². The summed E-state index contributed by atoms with van der Waals surface area (Å²) in [5, 5.41) is 14.4. The molecule has 2 aliphatic heterocycles. The first kappa shape index (κ1) is 31.4. The van der Waals surface area contributed by atoms with Crippen molar-refractivity contribution in [3.63, 3.8) is 0 Å². The fourth-order valence-electron chi connectivity index (χ4n) is 5.81. The first-order chi connectivity index (χ1) is 21.6. The molecular formula is C34H38N6O5. The molecule has 1 aromatic heterocycles. The minimum atomic E-state index is -1.40. The number of aryl methyl sites for hydroxylation is 1. The second kappa shape index (κ2) is 13.8. The monoisotopic (exact) mass is 610 g/mol. The van der Waals surface area contributed by atoms with E-state index in [-0.39, 0.29) is 35.7 Å². The van der Waals surface area contributed by atoms with Crippen molar-refractivity contribution < 1.29 is 23.6 Å². The number of ketones is 1. The molecule has 3 aromatic rings. The van der Waals surface area contributed by atoms with E-state index in [9.17, 15) is 24.4 Å². The highest BCUT2D eigenvalue weighted by Gasteiger charge is 2.33. The van der Waals surface area contributed by atoms with Crippen LogP contribution in [0, 0.1) is 24.2 Å². The minimum Gasteiger partial charge on any atom is -0.461 e. The lowest BCUT2D eigenvalue weighted by atomic mass is 9.95. The van der Waals surface area contributed by atoms with Crippen molar-refractivity contribution in [2.45, 2.75) is 45.1 Å². The molecule has 1 unspecified atom stereocenters. The standard InChI is InChI=1S/C34H38N6O5/c1-22-17-25-19-26(12-13-29(25)45-22)36-32(27(20-35)31(42)23-9-8-10-24(18-23)33(43)38(2)3)37-28-11-4-5-16-40(34(28)44)21-30(41)39-14-6-7-15-39/h8-10,12-13,17-19,27-28H,4-7,11,14-16,21H2,1-3H3,(H,36,37)/t27?,28-/m0/s1. The van der Waals surface area contributed by atoms with E-state index >= 15 is 0 Å². The number of carbonyl (C=O) groups is 4. The SMILES string of the molecule is Cc1cc2cc(NC(=N[C@H]3CCCCN(CC(=O)N4CCCC4)C3=O)C(C#N)C(=O)c3cccc(C(=O)N(C)C)c3)ccc2o1. The van der Waals surface area contributed by atoms with Gasteiger partial charge in [0, 0.05) is 55.9 Å². The lowest BCUT2D eigenvalue weighted by Crippen LogP contribution is -2.45. The van der Waals surface area contributed by atoms with E-state index in [1.807, 2.05) is 19.1 Å². The van der Waals surface area contributed by atoms with Crippen LogP contribution in [0.1, 0.15) is 58.6 Å². The molecule has 2 aliphatic rings. The van der Waals surface area contributed by atoms with Crippen molar-refractivity contribution in [1.82, 2.24) is 14.7 Å². The van der Waals surface area contributed by atoms with Crippen molar-refractivity contribution >= 4 is 46.0 Å². The van der Waals surface area contributed by atoms with Gasteiger partial charge in [0.15, 0.2) is 11.7 Å². The van der Waals surface area contributed by atoms with E-state index in [1.54, 1.807) is 54.2 Å². The number of hydrogen-bond acceptors (Lipinski definition) is 7. The Kier molecular flexibility index (Phi) is 9.62. The number of furan rings is 1. The topological polar surface area (TPSA) is 139 Å². The molecular weight excluding hydrogens is 572 g/mol. The Labute approximate surface area is 262 Å². The summed E-state index contributed by atoms with van der Waals surface area (Å²) in [7, 11) is 3.24. The maximum absolute atomic E-state index is 13.9. The van der Waals surface area contributed by atoms with Crippen LogP contribution in [0.4, 0.5) is 5.69 Å². The van der Waals surface area contributed by atoms with Crippen LogP contribution < -0.4 is 5.32 Å². The Hall–Kier alpha value is -4.98. The van der Waals surface area contributed by atoms with Crippen molar-refractivity contribution in [3.8, 4) is 6.07 Å². The van der Waals surface area contributed by atoms with E-state index < -0.39 is 17.7 Å². The van der Waals surface area contributed by atoms with Crippen molar-refractivity contribution in [2.24, 2.45) is 10.9 Å². The number of hydrogen-bond donors (Lipinski definition) is 1. The summed E-state index contributed by atoms with van der Waals surface area (Å²) < 4.78 is 5.69. The number of nitrogens with one attached hydrogen (secondary N) is 1. The van der Waals surface area contributed by atoms with Gasteiger partial charge in [0.1, 0.15) is 23.2 Å². The molecule has 2 saturated heterocycles. The maximum atomic E-state index is 13.9. The van der Waals surface area contributed by atoms with Gasteiger partial charge in [-0.05, 0) is 75.4 Å². The number of anilines is 1. The van der Waals surface area contributed by atoms with Crippen LogP contribution in [0.5, 0.6) is 0 Å². The van der Waals surface area contributed by atoms with E-state index in [0.29, 0.717) is 49.3 Å². The van der Waals surface area contributed by atoms with Gasteiger partial charge in [-0.3, -0.25) is 24.2 Å². The molecule has 0 saturated carbocycles. The smallest absolute Gasteiger partial charge is 0.253 e. The minimum absolute atomic E-state index is 0.0164. The molecule has 0 aliphatic carbocycles. The molecule has 3 amide bonds. The number of Topliss-reactive ketones (excluding diaryl/α,β-unsaturated/α-hetero) is 1. The molecule has 3 heterocycles. The summed E-state index contributed by atoms with van der Waals surface area (Å²) in [6, 6.07) is 14.7. The van der Waals surface area contributed by atoms with Crippen LogP contribution in [-0.2, 0) is 9.59 Å². The first-order valence-corrected chi connectivity index (χ1v) is 15.3. The van der Waals surface area contributed by atoms with Crippen LogP contribution in [0.25, 0.3) is 11.0 Å². The normalized spacial score (nSPS) is 18.0. The highest BCUT2D eigenvalue weighted by molar-refractivity contribution is 6.18. The summed E-state index contributed by atoms with van der Waals surface area (Å²) in [6.07, 6.45) is 3.75. The zero-order chi connectivity index (χ0) is 32.1. The number of amidine groups is 1. The quantitative estimate of drug-likeness (QED) is 0.228. The Morgan fingerprint density at radius 1 is 1.04 bits per heavy atom. The second-order valence-electron chi connectivity index (χ2n) is 11.8. The van der Waals surface area contributed by atoms with Gasteiger partial charge in [0.25, 0.3) is 5.91 Å². The number of likely N-dealkylation sites (tertiary alicyclic amines) is 2. The summed E-state index contributed by atoms with van der Waals surface area (Å²) in [4.78, 5) is 62.7. The zero-order valence-electron chi connectivity index (χ0n) is 25.9. The van der Waals surface area contributed by atoms with Gasteiger partial charge in [0.2, 0.25) is 11.8 Å². The lowest BCUT2D eigenvalue weighted by Gasteiger charge is -2.25. The van der Waals surface area contributed by atoms with Crippen LogP contribution in [0.2, 0.25) is 0 Å². The van der Waals surface area contributed by atoms with Gasteiger partial charge in [-0.25, -0.2) is 0 Å². The Morgan fingerprint density at radius 3 is 2.51 bits per heavy atom. The van der Waals surface area contributed by atoms with E-state index in [1.165, 1.54) is 11.0 Å². The van der Waals surface area contributed by atoms with Gasteiger partial charge >= 0.3 is 0 Å². The fraction of sp³-hybridized carbons (Fsp3) is 0.412. The average Bonchev–Trinajstić information content (AvgIpc) is 3.67. The predicted octanol–water partition coefficient (Wildman–Crippen LogP) is 4.28. The third-order valence-electron chi connectivity index (χ3n) is 8.21. The molecule has 234 valence electrons. The van der Waals surface area contributed by atoms with Crippen molar-refractivity contribution in [3.05, 3.63) is 65.4 Å². The summed E-state index contributed by atoms with van der Waals surface area (Å²) in [6.45, 7) is 3.67. The van der Waals surface area contributed by atoms with Crippen molar-refractivity contribution in [2.75, 3.05) is 45.6 Å². The van der Waals surface area contributed by atoms with Crippen molar-refractivity contribution in [1.29, 1.82) is 5.26 Å². The summed E-state index contributed by atoms with van der Waals surface area (Å²) >= 11 is 0. The van der Waals surface area contributed by atoms with E-state index in [0.717, 1.165) is 30.4 Å². The molecule has 0 spiro atoms. The fourth-order valence-corrected chi connectivity index (χ4v) is 5.81. The second-order valence-corrected chi connectivity index (χ2v) is 11.8. The number of rotatable bonds is 8. The highest BCUT2D eigenvalue weighted by atomic mass is 16.3. The molecule has 2 aromatic carbocycles.